The lowest BCUT2D eigenvalue weighted by Crippen LogP contribution is -2.18. The number of aromatic amines is 1. The minimum atomic E-state index is -0.547. The number of carbonyl (C=O) groups is 1. The summed E-state index contributed by atoms with van der Waals surface area (Å²) in [6.45, 7) is 3.33. The molecule has 1 aromatic heterocycles. The molecule has 0 radical (unpaired) electrons. The summed E-state index contributed by atoms with van der Waals surface area (Å²) in [5, 5.41) is 10.4. The fourth-order valence-corrected chi connectivity index (χ4v) is 2.60. The Morgan fingerprint density at radius 3 is 2.92 bits per heavy atom. The third-order valence-corrected chi connectivity index (χ3v) is 3.77. The van der Waals surface area contributed by atoms with Gasteiger partial charge < -0.3 is 18.9 Å². The Kier molecular flexibility index (Phi) is 5.44. The molecule has 0 bridgehead atoms. The van der Waals surface area contributed by atoms with E-state index >= 15 is 0 Å². The zero-order valence-corrected chi connectivity index (χ0v) is 14.5. The van der Waals surface area contributed by atoms with Crippen LogP contribution in [0.4, 0.5) is 0 Å². The molecule has 0 saturated carbocycles. The van der Waals surface area contributed by atoms with Crippen LogP contribution in [0.15, 0.2) is 22.7 Å². The maximum absolute atomic E-state index is 12.0. The Hall–Kier alpha value is -1.97. The number of hydrogen-bond donors (Lipinski definition) is 1. The standard InChI is InChI=1S/C15H16BrN3O5/c1-2-21-15(20)14-13(17-19-18-14)10-7-9(16)3-4-11(10)24-8-12-22-5-6-23-12/h3-4,7,12H,2,5-6,8H2,1H3,(H,17,18,19). The molecule has 3 rings (SSSR count). The van der Waals surface area contributed by atoms with Gasteiger partial charge in [0, 0.05) is 10.0 Å². The van der Waals surface area contributed by atoms with E-state index in [1.807, 2.05) is 6.07 Å². The second-order valence-corrected chi connectivity index (χ2v) is 5.78. The molecule has 0 spiro atoms. The van der Waals surface area contributed by atoms with Gasteiger partial charge in [0.05, 0.1) is 19.8 Å². The average Bonchev–Trinajstić information content (AvgIpc) is 3.25. The highest BCUT2D eigenvalue weighted by Crippen LogP contribution is 2.33. The quantitative estimate of drug-likeness (QED) is 0.745. The van der Waals surface area contributed by atoms with E-state index in [1.54, 1.807) is 19.1 Å². The highest BCUT2D eigenvalue weighted by Gasteiger charge is 2.23. The molecule has 1 N–H and O–H groups in total. The molecule has 9 heteroatoms. The molecule has 2 aromatic rings. The van der Waals surface area contributed by atoms with E-state index in [0.717, 1.165) is 4.47 Å². The first kappa shape index (κ1) is 16.9. The molecule has 0 atom stereocenters. The van der Waals surface area contributed by atoms with Crippen LogP contribution in [0.25, 0.3) is 11.3 Å². The number of nitrogens with one attached hydrogen (secondary N) is 1. The number of benzene rings is 1. The SMILES string of the molecule is CCOC(=O)c1n[nH]nc1-c1cc(Br)ccc1OCC1OCCO1. The smallest absolute Gasteiger partial charge is 0.361 e. The predicted molar refractivity (Wildman–Crippen MR) is 86.7 cm³/mol. The van der Waals surface area contributed by atoms with Crippen molar-refractivity contribution in [3.8, 4) is 17.0 Å². The first-order chi connectivity index (χ1) is 11.7. The molecule has 24 heavy (non-hydrogen) atoms. The number of hydrogen-bond acceptors (Lipinski definition) is 7. The third-order valence-electron chi connectivity index (χ3n) is 3.28. The minimum absolute atomic E-state index is 0.105. The van der Waals surface area contributed by atoms with Crippen LogP contribution in [-0.2, 0) is 14.2 Å². The van der Waals surface area contributed by atoms with Crippen molar-refractivity contribution in [2.75, 3.05) is 26.4 Å². The Morgan fingerprint density at radius 2 is 2.17 bits per heavy atom. The van der Waals surface area contributed by atoms with Gasteiger partial charge in [-0.05, 0) is 25.1 Å². The van der Waals surface area contributed by atoms with Crippen LogP contribution in [0.2, 0.25) is 0 Å². The maximum Gasteiger partial charge on any atom is 0.361 e. The molecule has 1 saturated heterocycles. The summed E-state index contributed by atoms with van der Waals surface area (Å²) >= 11 is 3.41. The molecule has 1 aliphatic heterocycles. The Labute approximate surface area is 146 Å². The van der Waals surface area contributed by atoms with Gasteiger partial charge in [0.15, 0.2) is 12.0 Å². The van der Waals surface area contributed by atoms with Crippen LogP contribution >= 0.6 is 15.9 Å². The van der Waals surface area contributed by atoms with Gasteiger partial charge in [-0.1, -0.05) is 15.9 Å². The Balaban J connectivity index is 1.88. The highest BCUT2D eigenvalue weighted by atomic mass is 79.9. The minimum Gasteiger partial charge on any atom is -0.488 e. The molecule has 1 aromatic carbocycles. The van der Waals surface area contributed by atoms with Crippen molar-refractivity contribution < 1.29 is 23.7 Å². The molecule has 0 amide bonds. The van der Waals surface area contributed by atoms with Gasteiger partial charge in [0.2, 0.25) is 0 Å². The number of ether oxygens (including phenoxy) is 4. The summed E-state index contributed by atoms with van der Waals surface area (Å²) in [5.41, 5.74) is 1.07. The van der Waals surface area contributed by atoms with E-state index in [1.165, 1.54) is 0 Å². The van der Waals surface area contributed by atoms with Crippen LogP contribution in [0.1, 0.15) is 17.4 Å². The zero-order valence-electron chi connectivity index (χ0n) is 13.0. The van der Waals surface area contributed by atoms with Gasteiger partial charge in [0.25, 0.3) is 0 Å². The van der Waals surface area contributed by atoms with E-state index < -0.39 is 12.3 Å². The summed E-state index contributed by atoms with van der Waals surface area (Å²) in [6.07, 6.45) is -0.400. The van der Waals surface area contributed by atoms with E-state index in [4.69, 9.17) is 18.9 Å². The predicted octanol–water partition coefficient (Wildman–Crippen LogP) is 2.16. The normalized spacial score (nSPS) is 14.8. The molecular formula is C15H16BrN3O5. The second kappa shape index (κ2) is 7.73. The van der Waals surface area contributed by atoms with E-state index in [-0.39, 0.29) is 18.9 Å². The average molecular weight is 398 g/mol. The van der Waals surface area contributed by atoms with E-state index in [0.29, 0.717) is 30.2 Å². The molecule has 0 aliphatic carbocycles. The maximum atomic E-state index is 12.0. The number of esters is 1. The number of H-pyrrole nitrogens is 1. The molecule has 128 valence electrons. The van der Waals surface area contributed by atoms with Gasteiger partial charge in [0.1, 0.15) is 18.1 Å². The second-order valence-electron chi connectivity index (χ2n) is 4.86. The molecule has 2 heterocycles. The van der Waals surface area contributed by atoms with Crippen LogP contribution < -0.4 is 4.74 Å². The first-order valence-electron chi connectivity index (χ1n) is 7.43. The van der Waals surface area contributed by atoms with Gasteiger partial charge >= 0.3 is 5.97 Å². The lowest BCUT2D eigenvalue weighted by atomic mass is 10.1. The van der Waals surface area contributed by atoms with Gasteiger partial charge in [-0.3, -0.25) is 0 Å². The summed E-state index contributed by atoms with van der Waals surface area (Å²) in [6, 6.07) is 5.41. The fourth-order valence-electron chi connectivity index (χ4n) is 2.23. The number of nitrogens with zero attached hydrogens (tertiary/aromatic N) is 2. The van der Waals surface area contributed by atoms with E-state index in [9.17, 15) is 4.79 Å². The first-order valence-corrected chi connectivity index (χ1v) is 8.22. The lowest BCUT2D eigenvalue weighted by molar-refractivity contribution is -0.0683. The zero-order chi connectivity index (χ0) is 16.9. The molecule has 8 nitrogen and oxygen atoms in total. The third kappa shape index (κ3) is 3.74. The summed E-state index contributed by atoms with van der Waals surface area (Å²) in [4.78, 5) is 12.0. The summed E-state index contributed by atoms with van der Waals surface area (Å²) in [7, 11) is 0. The number of halogens is 1. The Bertz CT molecular complexity index is 715. The Morgan fingerprint density at radius 1 is 1.38 bits per heavy atom. The van der Waals surface area contributed by atoms with Crippen LogP contribution in [0.3, 0.4) is 0 Å². The van der Waals surface area contributed by atoms with Crippen molar-refractivity contribution in [3.63, 3.8) is 0 Å². The highest BCUT2D eigenvalue weighted by molar-refractivity contribution is 9.10. The number of aromatic nitrogens is 3. The topological polar surface area (TPSA) is 95.6 Å². The van der Waals surface area contributed by atoms with Crippen molar-refractivity contribution in [2.45, 2.75) is 13.2 Å². The van der Waals surface area contributed by atoms with E-state index in [2.05, 4.69) is 31.3 Å². The van der Waals surface area contributed by atoms with Gasteiger partial charge in [-0.15, -0.1) is 5.10 Å². The monoisotopic (exact) mass is 397 g/mol. The number of carbonyl (C=O) groups excluding carboxylic acids is 1. The molecule has 1 aliphatic rings. The molecule has 1 fully saturated rings. The molecule has 0 unspecified atom stereocenters. The van der Waals surface area contributed by atoms with Gasteiger partial charge in [-0.2, -0.15) is 10.3 Å². The van der Waals surface area contributed by atoms with Crippen LogP contribution in [0.5, 0.6) is 5.75 Å². The summed E-state index contributed by atoms with van der Waals surface area (Å²) in [5.74, 6) is -0.00798. The fraction of sp³-hybridized carbons (Fsp3) is 0.400. The van der Waals surface area contributed by atoms with Crippen molar-refractivity contribution in [1.29, 1.82) is 0 Å². The number of rotatable bonds is 6. The lowest BCUT2D eigenvalue weighted by Gasteiger charge is -2.14. The summed E-state index contributed by atoms with van der Waals surface area (Å²) < 4.78 is 22.3. The van der Waals surface area contributed by atoms with Crippen molar-refractivity contribution in [2.24, 2.45) is 0 Å². The van der Waals surface area contributed by atoms with Crippen molar-refractivity contribution in [1.82, 2.24) is 15.4 Å². The van der Waals surface area contributed by atoms with Crippen LogP contribution in [0, 0.1) is 0 Å². The van der Waals surface area contributed by atoms with Crippen molar-refractivity contribution >= 4 is 21.9 Å². The molecular weight excluding hydrogens is 382 g/mol. The largest absolute Gasteiger partial charge is 0.488 e. The van der Waals surface area contributed by atoms with Crippen molar-refractivity contribution in [3.05, 3.63) is 28.4 Å². The van der Waals surface area contributed by atoms with Crippen LogP contribution in [-0.4, -0.2) is 54.1 Å². The van der Waals surface area contributed by atoms with Gasteiger partial charge in [-0.25, -0.2) is 4.79 Å².